The molecule has 20 heavy (non-hydrogen) atoms. The Kier molecular flexibility index (Phi) is 3.18. The summed E-state index contributed by atoms with van der Waals surface area (Å²) in [5, 5.41) is 0.546. The molecule has 0 aliphatic carbocycles. The average molecular weight is 295 g/mol. The molecule has 0 N–H and O–H groups in total. The van der Waals surface area contributed by atoms with Gasteiger partial charge < -0.3 is 9.64 Å². The van der Waals surface area contributed by atoms with Crippen LogP contribution in [0.25, 0.3) is 0 Å². The zero-order chi connectivity index (χ0) is 14.4. The molecule has 0 aromatic heterocycles. The van der Waals surface area contributed by atoms with Crippen LogP contribution < -0.4 is 4.90 Å². The number of halogens is 1. The number of fused-ring (bicyclic) bond motifs is 1. The van der Waals surface area contributed by atoms with E-state index in [0.29, 0.717) is 23.7 Å². The number of carbonyl (C=O) groups excluding carboxylic acids is 2. The van der Waals surface area contributed by atoms with E-state index in [-0.39, 0.29) is 18.0 Å². The third-order valence-corrected chi connectivity index (χ3v) is 4.36. The Balaban J connectivity index is 1.91. The molecule has 2 unspecified atom stereocenters. The Morgan fingerprint density at radius 2 is 2.10 bits per heavy atom. The number of methoxy groups -OCH3 is 1. The molecule has 0 bridgehead atoms. The highest BCUT2D eigenvalue weighted by Crippen LogP contribution is 2.33. The van der Waals surface area contributed by atoms with E-state index in [4.69, 9.17) is 16.3 Å². The van der Waals surface area contributed by atoms with Crippen LogP contribution in [0.1, 0.15) is 12.0 Å². The fourth-order valence-corrected chi connectivity index (χ4v) is 2.92. The van der Waals surface area contributed by atoms with Gasteiger partial charge in [-0.1, -0.05) is 17.7 Å². The Bertz CT molecular complexity index is 566. The second-order valence-corrected chi connectivity index (χ2v) is 5.56. The number of ether oxygens (including phenoxy) is 1. The fourth-order valence-electron chi connectivity index (χ4n) is 2.74. The number of amides is 3. The second-order valence-electron chi connectivity index (χ2n) is 5.15. The highest BCUT2D eigenvalue weighted by molar-refractivity contribution is 6.32. The predicted octanol–water partition coefficient (Wildman–Crippen LogP) is 2.20. The molecule has 2 heterocycles. The van der Waals surface area contributed by atoms with Gasteiger partial charge in [0.05, 0.1) is 11.8 Å². The van der Waals surface area contributed by atoms with Crippen molar-refractivity contribution >= 4 is 29.2 Å². The number of imide groups is 1. The maximum Gasteiger partial charge on any atom is 0.332 e. The summed E-state index contributed by atoms with van der Waals surface area (Å²) < 4.78 is 5.23. The Hall–Kier alpha value is -1.59. The maximum absolute atomic E-state index is 12.4. The molecule has 2 aliphatic rings. The van der Waals surface area contributed by atoms with Gasteiger partial charge >= 0.3 is 6.03 Å². The Morgan fingerprint density at radius 3 is 2.70 bits per heavy atom. The summed E-state index contributed by atoms with van der Waals surface area (Å²) in [5.41, 5.74) is 1.44. The SMILES string of the molecule is COC1CC2C(=O)N(c3ccc(C)c(Cl)c3)C(=O)N2C1. The number of aryl methyl sites for hydroxylation is 1. The molecule has 0 saturated carbocycles. The molecule has 2 aliphatic heterocycles. The van der Waals surface area contributed by atoms with Crippen molar-refractivity contribution in [3.05, 3.63) is 28.8 Å². The minimum absolute atomic E-state index is 0.0587. The molecular weight excluding hydrogens is 280 g/mol. The summed E-state index contributed by atoms with van der Waals surface area (Å²) in [6, 6.07) is 4.50. The van der Waals surface area contributed by atoms with E-state index in [1.54, 1.807) is 30.2 Å². The van der Waals surface area contributed by atoms with Gasteiger partial charge in [-0.05, 0) is 24.6 Å². The van der Waals surface area contributed by atoms with Crippen molar-refractivity contribution in [2.24, 2.45) is 0 Å². The van der Waals surface area contributed by atoms with Gasteiger partial charge in [0.2, 0.25) is 0 Å². The first-order valence-electron chi connectivity index (χ1n) is 6.46. The van der Waals surface area contributed by atoms with Gasteiger partial charge in [-0.3, -0.25) is 4.79 Å². The van der Waals surface area contributed by atoms with Crippen LogP contribution in [0, 0.1) is 6.92 Å². The molecule has 106 valence electrons. The molecule has 0 radical (unpaired) electrons. The highest BCUT2D eigenvalue weighted by atomic mass is 35.5. The lowest BCUT2D eigenvalue weighted by Gasteiger charge is -2.17. The minimum Gasteiger partial charge on any atom is -0.380 e. The molecule has 2 saturated heterocycles. The number of urea groups is 1. The first-order chi connectivity index (χ1) is 9.52. The fraction of sp³-hybridized carbons (Fsp3) is 0.429. The van der Waals surface area contributed by atoms with Gasteiger partial charge in [0, 0.05) is 25.1 Å². The molecule has 2 fully saturated rings. The number of benzene rings is 1. The summed E-state index contributed by atoms with van der Waals surface area (Å²) in [5.74, 6) is -0.200. The van der Waals surface area contributed by atoms with E-state index in [9.17, 15) is 9.59 Å². The van der Waals surface area contributed by atoms with Gasteiger partial charge in [0.15, 0.2) is 0 Å². The molecule has 5 nitrogen and oxygen atoms in total. The van der Waals surface area contributed by atoms with Crippen LogP contribution in [0.2, 0.25) is 5.02 Å². The third kappa shape index (κ3) is 1.89. The monoisotopic (exact) mass is 294 g/mol. The minimum atomic E-state index is -0.410. The van der Waals surface area contributed by atoms with Gasteiger partial charge in [0.25, 0.3) is 5.91 Å². The molecule has 3 amide bonds. The topological polar surface area (TPSA) is 49.9 Å². The summed E-state index contributed by atoms with van der Waals surface area (Å²) in [7, 11) is 1.60. The van der Waals surface area contributed by atoms with Crippen molar-refractivity contribution in [2.75, 3.05) is 18.6 Å². The van der Waals surface area contributed by atoms with Crippen molar-refractivity contribution in [1.82, 2.24) is 4.90 Å². The number of carbonyl (C=O) groups is 2. The average Bonchev–Trinajstić information content (AvgIpc) is 2.94. The molecule has 3 rings (SSSR count). The normalized spacial score (nSPS) is 25.6. The zero-order valence-corrected chi connectivity index (χ0v) is 12.1. The van der Waals surface area contributed by atoms with Crippen LogP contribution in [-0.2, 0) is 9.53 Å². The third-order valence-electron chi connectivity index (χ3n) is 3.95. The van der Waals surface area contributed by atoms with Crippen molar-refractivity contribution in [3.8, 4) is 0 Å². The van der Waals surface area contributed by atoms with E-state index < -0.39 is 6.04 Å². The van der Waals surface area contributed by atoms with Gasteiger partial charge in [-0.2, -0.15) is 0 Å². The molecule has 1 aromatic rings. The summed E-state index contributed by atoms with van der Waals surface area (Å²) in [4.78, 5) is 27.6. The largest absolute Gasteiger partial charge is 0.380 e. The number of hydrogen-bond donors (Lipinski definition) is 0. The van der Waals surface area contributed by atoms with Gasteiger partial charge in [0.1, 0.15) is 6.04 Å². The number of anilines is 1. The molecule has 2 atom stereocenters. The quantitative estimate of drug-likeness (QED) is 0.786. The summed E-state index contributed by atoms with van der Waals surface area (Å²) in [6.07, 6.45) is 0.494. The van der Waals surface area contributed by atoms with Crippen LogP contribution >= 0.6 is 11.6 Å². The van der Waals surface area contributed by atoms with Crippen LogP contribution in [-0.4, -0.2) is 42.6 Å². The lowest BCUT2D eigenvalue weighted by Crippen LogP contribution is -2.35. The van der Waals surface area contributed by atoms with Gasteiger partial charge in [-0.25, -0.2) is 9.69 Å². The summed E-state index contributed by atoms with van der Waals surface area (Å²) in [6.45, 7) is 2.34. The Morgan fingerprint density at radius 1 is 1.35 bits per heavy atom. The number of nitrogens with zero attached hydrogens (tertiary/aromatic N) is 2. The van der Waals surface area contributed by atoms with E-state index in [1.165, 1.54) is 4.90 Å². The van der Waals surface area contributed by atoms with Crippen LogP contribution in [0.4, 0.5) is 10.5 Å². The Labute approximate surface area is 122 Å². The van der Waals surface area contributed by atoms with Crippen molar-refractivity contribution < 1.29 is 14.3 Å². The molecule has 0 spiro atoms. The standard InChI is InChI=1S/C14H15ClN2O3/c1-8-3-4-9(5-11(8)15)17-13(18)12-6-10(20-2)7-16(12)14(17)19/h3-5,10,12H,6-7H2,1-2H3. The van der Waals surface area contributed by atoms with Crippen LogP contribution in [0.5, 0.6) is 0 Å². The first kappa shape index (κ1) is 13.4. The summed E-state index contributed by atoms with van der Waals surface area (Å²) >= 11 is 6.07. The van der Waals surface area contributed by atoms with E-state index in [2.05, 4.69) is 0 Å². The van der Waals surface area contributed by atoms with Gasteiger partial charge in [-0.15, -0.1) is 0 Å². The van der Waals surface area contributed by atoms with Crippen molar-refractivity contribution in [1.29, 1.82) is 0 Å². The van der Waals surface area contributed by atoms with E-state index >= 15 is 0 Å². The smallest absolute Gasteiger partial charge is 0.332 e. The molecule has 6 heteroatoms. The lowest BCUT2D eigenvalue weighted by atomic mass is 10.1. The van der Waals surface area contributed by atoms with E-state index in [0.717, 1.165) is 5.56 Å². The number of hydrogen-bond acceptors (Lipinski definition) is 3. The van der Waals surface area contributed by atoms with Crippen LogP contribution in [0.3, 0.4) is 0 Å². The predicted molar refractivity (Wildman–Crippen MR) is 75.0 cm³/mol. The van der Waals surface area contributed by atoms with Crippen LogP contribution in [0.15, 0.2) is 18.2 Å². The molecular formula is C14H15ClN2O3. The highest BCUT2D eigenvalue weighted by Gasteiger charge is 2.51. The second kappa shape index (κ2) is 4.75. The molecule has 1 aromatic carbocycles. The van der Waals surface area contributed by atoms with Crippen molar-refractivity contribution in [2.45, 2.75) is 25.5 Å². The number of rotatable bonds is 2. The van der Waals surface area contributed by atoms with E-state index in [1.807, 2.05) is 6.92 Å². The zero-order valence-electron chi connectivity index (χ0n) is 11.3. The first-order valence-corrected chi connectivity index (χ1v) is 6.84. The van der Waals surface area contributed by atoms with Crippen molar-refractivity contribution in [3.63, 3.8) is 0 Å². The maximum atomic E-state index is 12.4. The lowest BCUT2D eigenvalue weighted by molar-refractivity contribution is -0.119.